The molecule has 5 rings (SSSR count). The van der Waals surface area contributed by atoms with Gasteiger partial charge in [0.05, 0.1) is 21.9 Å². The highest BCUT2D eigenvalue weighted by Crippen LogP contribution is 2.33. The van der Waals surface area contributed by atoms with Gasteiger partial charge in [0, 0.05) is 41.3 Å². The maximum Gasteiger partial charge on any atom is 0.270 e. The number of fused-ring (bicyclic) bond motifs is 1. The van der Waals surface area contributed by atoms with Gasteiger partial charge in [-0.2, -0.15) is 0 Å². The molecule has 0 saturated heterocycles. The average Bonchev–Trinajstić information content (AvgIpc) is 3.22. The van der Waals surface area contributed by atoms with Crippen molar-refractivity contribution < 1.29 is 10.0 Å². The fraction of sp³-hybridized carbons (Fsp3) is 0.0370. The number of nitro groups is 1. The number of nitro benzene ring substituents is 1. The number of aromatic amines is 1. The number of hydrogen-bond donors (Lipinski definition) is 3. The smallest absolute Gasteiger partial charge is 0.270 e. The Kier molecular flexibility index (Phi) is 5.92. The number of rotatable bonds is 7. The third kappa shape index (κ3) is 4.72. The Morgan fingerprint density at radius 3 is 2.49 bits per heavy atom. The average molecular weight is 463 g/mol. The lowest BCUT2D eigenvalue weighted by Crippen LogP contribution is -2.03. The number of anilines is 1. The quantitative estimate of drug-likeness (QED) is 0.156. The van der Waals surface area contributed by atoms with E-state index in [2.05, 4.69) is 15.3 Å². The minimum absolute atomic E-state index is 0.0603. The predicted molar refractivity (Wildman–Crippen MR) is 136 cm³/mol. The summed E-state index contributed by atoms with van der Waals surface area (Å²) in [7, 11) is 0. The van der Waals surface area contributed by atoms with Crippen LogP contribution in [0.4, 0.5) is 17.2 Å². The van der Waals surface area contributed by atoms with Crippen molar-refractivity contribution >= 4 is 33.8 Å². The Labute approximate surface area is 200 Å². The molecule has 3 N–H and O–H groups in total. The van der Waals surface area contributed by atoms with E-state index >= 15 is 0 Å². The molecule has 0 radical (unpaired) electrons. The molecule has 8 nitrogen and oxygen atoms in total. The summed E-state index contributed by atoms with van der Waals surface area (Å²) in [5.41, 5.74) is 3.96. The first-order chi connectivity index (χ1) is 17.1. The van der Waals surface area contributed by atoms with Crippen molar-refractivity contribution in [2.24, 2.45) is 4.99 Å². The Balaban J connectivity index is 1.54. The van der Waals surface area contributed by atoms with E-state index in [9.17, 15) is 15.2 Å². The number of aromatic nitrogens is 2. The standard InChI is InChI=1S/C27H21N5O3/c33-27-25(22-16-21(32(34)35)13-14-23(22)31-27)26(19-6-2-1-3-7-19)30-20-11-9-18(10-12-20)17-29-24-8-4-5-15-28-24/h1-16,31,33H,17H2,(H,28,29). The van der Waals surface area contributed by atoms with Crippen LogP contribution in [-0.4, -0.2) is 25.7 Å². The summed E-state index contributed by atoms with van der Waals surface area (Å²) >= 11 is 0. The van der Waals surface area contributed by atoms with Crippen molar-refractivity contribution in [1.29, 1.82) is 0 Å². The minimum Gasteiger partial charge on any atom is -0.494 e. The molecule has 0 unspecified atom stereocenters. The van der Waals surface area contributed by atoms with Crippen LogP contribution in [0.5, 0.6) is 5.88 Å². The van der Waals surface area contributed by atoms with Gasteiger partial charge in [-0.3, -0.25) is 10.1 Å². The molecule has 5 aromatic rings. The number of non-ortho nitro benzene ring substituents is 1. The summed E-state index contributed by atoms with van der Waals surface area (Å²) in [5.74, 6) is 0.698. The summed E-state index contributed by atoms with van der Waals surface area (Å²) in [6, 6.07) is 27.3. The molecule has 8 heteroatoms. The second kappa shape index (κ2) is 9.48. The molecule has 0 atom stereocenters. The molecule has 172 valence electrons. The van der Waals surface area contributed by atoms with E-state index in [1.807, 2.05) is 72.8 Å². The number of H-pyrrole nitrogens is 1. The maximum absolute atomic E-state index is 11.4. The first kappa shape index (κ1) is 21.8. The zero-order valence-corrected chi connectivity index (χ0v) is 18.6. The van der Waals surface area contributed by atoms with Gasteiger partial charge in [-0.05, 0) is 35.9 Å². The van der Waals surface area contributed by atoms with Crippen molar-refractivity contribution in [2.45, 2.75) is 6.54 Å². The third-order valence-corrected chi connectivity index (χ3v) is 5.57. The molecular formula is C27H21N5O3. The van der Waals surface area contributed by atoms with Gasteiger partial charge in [0.1, 0.15) is 5.82 Å². The molecule has 0 saturated carbocycles. The normalized spacial score (nSPS) is 11.5. The first-order valence-corrected chi connectivity index (χ1v) is 11.0. The number of pyridine rings is 1. The lowest BCUT2D eigenvalue weighted by atomic mass is 10.0. The second-order valence-electron chi connectivity index (χ2n) is 7.90. The van der Waals surface area contributed by atoms with Crippen LogP contribution in [0.2, 0.25) is 0 Å². The van der Waals surface area contributed by atoms with Crippen molar-refractivity contribution in [3.63, 3.8) is 0 Å². The highest BCUT2D eigenvalue weighted by molar-refractivity contribution is 6.22. The Bertz CT molecular complexity index is 1510. The van der Waals surface area contributed by atoms with Gasteiger partial charge >= 0.3 is 0 Å². The number of nitrogens with one attached hydrogen (secondary N) is 2. The Morgan fingerprint density at radius 1 is 1.00 bits per heavy atom. The molecule has 2 heterocycles. The molecule has 0 aliphatic heterocycles. The van der Waals surface area contributed by atoms with Crippen LogP contribution in [0.15, 0.2) is 102 Å². The summed E-state index contributed by atoms with van der Waals surface area (Å²) in [6.07, 6.45) is 1.74. The summed E-state index contributed by atoms with van der Waals surface area (Å²) in [6.45, 7) is 0.611. The molecule has 0 aliphatic carbocycles. The van der Waals surface area contributed by atoms with Gasteiger partial charge in [0.25, 0.3) is 5.69 Å². The number of hydrogen-bond acceptors (Lipinski definition) is 6. The van der Waals surface area contributed by atoms with Crippen molar-refractivity contribution in [2.75, 3.05) is 5.32 Å². The summed E-state index contributed by atoms with van der Waals surface area (Å²) in [5, 5.41) is 25.9. The number of aliphatic imine (C=N–C) groups is 1. The third-order valence-electron chi connectivity index (χ3n) is 5.57. The molecule has 0 spiro atoms. The van der Waals surface area contributed by atoms with Crippen LogP contribution in [0.3, 0.4) is 0 Å². The topological polar surface area (TPSA) is 116 Å². The Morgan fingerprint density at radius 2 is 1.77 bits per heavy atom. The summed E-state index contributed by atoms with van der Waals surface area (Å²) in [4.78, 5) is 22.9. The molecule has 0 bridgehead atoms. The minimum atomic E-state index is -0.454. The monoisotopic (exact) mass is 463 g/mol. The lowest BCUT2D eigenvalue weighted by Gasteiger charge is -2.09. The van der Waals surface area contributed by atoms with E-state index in [1.54, 1.807) is 12.3 Å². The van der Waals surface area contributed by atoms with Crippen LogP contribution in [0.25, 0.3) is 10.9 Å². The highest BCUT2D eigenvalue weighted by atomic mass is 16.6. The van der Waals surface area contributed by atoms with Gasteiger partial charge in [-0.15, -0.1) is 0 Å². The molecule has 0 fully saturated rings. The lowest BCUT2D eigenvalue weighted by molar-refractivity contribution is -0.384. The van der Waals surface area contributed by atoms with Crippen LogP contribution < -0.4 is 5.32 Å². The fourth-order valence-electron chi connectivity index (χ4n) is 3.86. The van der Waals surface area contributed by atoms with Crippen LogP contribution in [-0.2, 0) is 6.54 Å². The molecule has 35 heavy (non-hydrogen) atoms. The van der Waals surface area contributed by atoms with Crippen LogP contribution in [0.1, 0.15) is 16.7 Å². The zero-order valence-electron chi connectivity index (χ0n) is 18.6. The number of benzene rings is 3. The molecule has 0 aliphatic rings. The molecule has 0 amide bonds. The van der Waals surface area contributed by atoms with Crippen molar-refractivity contribution in [3.05, 3.63) is 124 Å². The second-order valence-corrected chi connectivity index (χ2v) is 7.90. The van der Waals surface area contributed by atoms with Gasteiger partial charge in [-0.25, -0.2) is 9.98 Å². The van der Waals surface area contributed by atoms with Gasteiger partial charge < -0.3 is 15.4 Å². The maximum atomic E-state index is 11.4. The molecule has 2 aromatic heterocycles. The van der Waals surface area contributed by atoms with E-state index in [-0.39, 0.29) is 11.6 Å². The van der Waals surface area contributed by atoms with Crippen LogP contribution >= 0.6 is 0 Å². The predicted octanol–water partition coefficient (Wildman–Crippen LogP) is 5.96. The van der Waals surface area contributed by atoms with Gasteiger partial charge in [-0.1, -0.05) is 48.5 Å². The zero-order chi connectivity index (χ0) is 24.2. The SMILES string of the molecule is O=[N+]([O-])c1ccc2[nH]c(O)c(C(=Nc3ccc(CNc4ccccn4)cc3)c3ccccc3)c2c1. The number of aromatic hydroxyl groups is 1. The van der Waals surface area contributed by atoms with Crippen molar-refractivity contribution in [1.82, 2.24) is 9.97 Å². The van der Waals surface area contributed by atoms with Crippen molar-refractivity contribution in [3.8, 4) is 5.88 Å². The Hall–Kier alpha value is -4.98. The fourth-order valence-corrected chi connectivity index (χ4v) is 3.86. The van der Waals surface area contributed by atoms with E-state index < -0.39 is 4.92 Å². The number of nitrogens with zero attached hydrogens (tertiary/aromatic N) is 3. The van der Waals surface area contributed by atoms with Gasteiger partial charge in [0.15, 0.2) is 5.88 Å². The molecular weight excluding hydrogens is 442 g/mol. The van der Waals surface area contributed by atoms with Crippen LogP contribution in [0, 0.1) is 10.1 Å². The van der Waals surface area contributed by atoms with Gasteiger partial charge in [0.2, 0.25) is 0 Å². The van der Waals surface area contributed by atoms with E-state index in [0.29, 0.717) is 34.4 Å². The van der Waals surface area contributed by atoms with E-state index in [1.165, 1.54) is 12.1 Å². The van der Waals surface area contributed by atoms with E-state index in [0.717, 1.165) is 16.9 Å². The molecule has 3 aromatic carbocycles. The summed E-state index contributed by atoms with van der Waals surface area (Å²) < 4.78 is 0. The first-order valence-electron chi connectivity index (χ1n) is 11.0. The van der Waals surface area contributed by atoms with E-state index in [4.69, 9.17) is 4.99 Å². The largest absolute Gasteiger partial charge is 0.494 e. The highest BCUT2D eigenvalue weighted by Gasteiger charge is 2.20.